The lowest BCUT2D eigenvalue weighted by atomic mass is 10.1. The molecule has 0 atom stereocenters. The standard InChI is InChI=1S/C16H15N3O/c1-20-13-4-2-3-12(10-13)19-16-7-8-18-15-6-5-11(17)9-14(15)16/h2-10H,17H2,1H3,(H,18,19). The molecule has 0 spiro atoms. The molecule has 4 heteroatoms. The van der Waals surface area contributed by atoms with Crippen LogP contribution >= 0.6 is 0 Å². The van der Waals surface area contributed by atoms with Crippen LogP contribution in [0, 0.1) is 0 Å². The molecule has 0 aliphatic carbocycles. The molecule has 2 aromatic carbocycles. The highest BCUT2D eigenvalue weighted by atomic mass is 16.5. The van der Waals surface area contributed by atoms with Gasteiger partial charge < -0.3 is 15.8 Å². The predicted molar refractivity (Wildman–Crippen MR) is 82.4 cm³/mol. The van der Waals surface area contributed by atoms with Crippen molar-refractivity contribution < 1.29 is 4.74 Å². The van der Waals surface area contributed by atoms with Gasteiger partial charge in [-0.25, -0.2) is 0 Å². The van der Waals surface area contributed by atoms with Gasteiger partial charge in [-0.3, -0.25) is 4.98 Å². The third kappa shape index (κ3) is 2.36. The van der Waals surface area contributed by atoms with Crippen LogP contribution in [-0.2, 0) is 0 Å². The summed E-state index contributed by atoms with van der Waals surface area (Å²) in [5.74, 6) is 0.813. The fraction of sp³-hybridized carbons (Fsp3) is 0.0625. The normalized spacial score (nSPS) is 10.4. The van der Waals surface area contributed by atoms with Crippen molar-refractivity contribution in [1.29, 1.82) is 0 Å². The zero-order chi connectivity index (χ0) is 13.9. The second kappa shape index (κ2) is 5.09. The first-order valence-corrected chi connectivity index (χ1v) is 6.31. The fourth-order valence-corrected chi connectivity index (χ4v) is 2.13. The van der Waals surface area contributed by atoms with E-state index >= 15 is 0 Å². The predicted octanol–water partition coefficient (Wildman–Crippen LogP) is 3.57. The molecule has 0 saturated carbocycles. The summed E-state index contributed by atoms with van der Waals surface area (Å²) in [6, 6.07) is 15.4. The van der Waals surface area contributed by atoms with Crippen LogP contribution in [0.15, 0.2) is 54.7 Å². The Labute approximate surface area is 117 Å². The van der Waals surface area contributed by atoms with Crippen molar-refractivity contribution in [2.24, 2.45) is 0 Å². The maximum atomic E-state index is 5.86. The van der Waals surface area contributed by atoms with Gasteiger partial charge in [0.25, 0.3) is 0 Å². The highest BCUT2D eigenvalue weighted by Crippen LogP contribution is 2.28. The molecular formula is C16H15N3O. The second-order valence-electron chi connectivity index (χ2n) is 4.49. The molecule has 1 heterocycles. The van der Waals surface area contributed by atoms with E-state index in [0.717, 1.165) is 33.7 Å². The molecule has 0 aliphatic heterocycles. The Hall–Kier alpha value is -2.75. The molecule has 1 aromatic heterocycles. The molecule has 3 aromatic rings. The SMILES string of the molecule is COc1cccc(Nc2ccnc3ccc(N)cc23)c1. The minimum absolute atomic E-state index is 0.721. The summed E-state index contributed by atoms with van der Waals surface area (Å²) in [6.07, 6.45) is 1.78. The van der Waals surface area contributed by atoms with Crippen LogP contribution in [0.3, 0.4) is 0 Å². The Balaban J connectivity index is 2.03. The Morgan fingerprint density at radius 3 is 2.85 bits per heavy atom. The number of hydrogen-bond donors (Lipinski definition) is 2. The van der Waals surface area contributed by atoms with Crippen LogP contribution in [0.5, 0.6) is 5.75 Å². The first-order valence-electron chi connectivity index (χ1n) is 6.31. The van der Waals surface area contributed by atoms with Crippen molar-refractivity contribution in [3.05, 3.63) is 54.7 Å². The van der Waals surface area contributed by atoms with Crippen molar-refractivity contribution in [1.82, 2.24) is 4.98 Å². The molecule has 100 valence electrons. The van der Waals surface area contributed by atoms with E-state index in [1.807, 2.05) is 48.5 Å². The highest BCUT2D eigenvalue weighted by Gasteiger charge is 2.03. The van der Waals surface area contributed by atoms with Crippen LogP contribution in [-0.4, -0.2) is 12.1 Å². The molecule has 0 unspecified atom stereocenters. The number of fused-ring (bicyclic) bond motifs is 1. The van der Waals surface area contributed by atoms with E-state index in [9.17, 15) is 0 Å². The number of nitrogens with zero attached hydrogens (tertiary/aromatic N) is 1. The van der Waals surface area contributed by atoms with Crippen LogP contribution in [0.25, 0.3) is 10.9 Å². The van der Waals surface area contributed by atoms with Crippen molar-refractivity contribution >= 4 is 28.0 Å². The zero-order valence-electron chi connectivity index (χ0n) is 11.1. The summed E-state index contributed by atoms with van der Waals surface area (Å²) in [5, 5.41) is 4.37. The minimum Gasteiger partial charge on any atom is -0.497 e. The minimum atomic E-state index is 0.721. The molecular weight excluding hydrogens is 250 g/mol. The van der Waals surface area contributed by atoms with Crippen molar-refractivity contribution in [2.75, 3.05) is 18.2 Å². The molecule has 0 saturated heterocycles. The molecule has 0 radical (unpaired) electrons. The van der Waals surface area contributed by atoms with Gasteiger partial charge in [0, 0.05) is 34.7 Å². The van der Waals surface area contributed by atoms with Gasteiger partial charge in [-0.2, -0.15) is 0 Å². The number of hydrogen-bond acceptors (Lipinski definition) is 4. The fourth-order valence-electron chi connectivity index (χ4n) is 2.13. The number of ether oxygens (including phenoxy) is 1. The van der Waals surface area contributed by atoms with Crippen molar-refractivity contribution in [3.8, 4) is 5.75 Å². The van der Waals surface area contributed by atoms with Crippen LogP contribution in [0.1, 0.15) is 0 Å². The summed E-state index contributed by atoms with van der Waals surface area (Å²) in [7, 11) is 1.65. The van der Waals surface area contributed by atoms with Gasteiger partial charge in [-0.15, -0.1) is 0 Å². The molecule has 3 rings (SSSR count). The summed E-state index contributed by atoms with van der Waals surface area (Å²) < 4.78 is 5.23. The van der Waals surface area contributed by atoms with Gasteiger partial charge in [0.1, 0.15) is 5.75 Å². The van der Waals surface area contributed by atoms with Gasteiger partial charge in [-0.1, -0.05) is 6.07 Å². The average molecular weight is 265 g/mol. The van der Waals surface area contributed by atoms with Gasteiger partial charge in [-0.05, 0) is 36.4 Å². The maximum Gasteiger partial charge on any atom is 0.120 e. The number of nitrogens with one attached hydrogen (secondary N) is 1. The van der Waals surface area contributed by atoms with E-state index in [-0.39, 0.29) is 0 Å². The number of nitrogens with two attached hydrogens (primary N) is 1. The summed E-state index contributed by atoms with van der Waals surface area (Å²) in [5.41, 5.74) is 9.41. The number of aromatic nitrogens is 1. The Kier molecular flexibility index (Phi) is 3.13. The molecule has 0 bridgehead atoms. The second-order valence-corrected chi connectivity index (χ2v) is 4.49. The van der Waals surface area contributed by atoms with E-state index < -0.39 is 0 Å². The molecule has 3 N–H and O–H groups in total. The number of benzene rings is 2. The Bertz CT molecular complexity index is 756. The van der Waals surface area contributed by atoms with E-state index in [1.54, 1.807) is 13.3 Å². The van der Waals surface area contributed by atoms with Gasteiger partial charge in [0.2, 0.25) is 0 Å². The number of pyridine rings is 1. The van der Waals surface area contributed by atoms with Crippen LogP contribution in [0.4, 0.5) is 17.1 Å². The van der Waals surface area contributed by atoms with E-state index in [0.29, 0.717) is 0 Å². The Morgan fingerprint density at radius 2 is 2.00 bits per heavy atom. The topological polar surface area (TPSA) is 60.2 Å². The third-order valence-electron chi connectivity index (χ3n) is 3.11. The summed E-state index contributed by atoms with van der Waals surface area (Å²) >= 11 is 0. The molecule has 0 aliphatic rings. The highest BCUT2D eigenvalue weighted by molar-refractivity contribution is 5.94. The monoisotopic (exact) mass is 265 g/mol. The van der Waals surface area contributed by atoms with Crippen LogP contribution in [0.2, 0.25) is 0 Å². The van der Waals surface area contributed by atoms with E-state index in [2.05, 4.69) is 10.3 Å². The number of rotatable bonds is 3. The largest absolute Gasteiger partial charge is 0.497 e. The Morgan fingerprint density at radius 1 is 1.10 bits per heavy atom. The lowest BCUT2D eigenvalue weighted by Gasteiger charge is -2.11. The van der Waals surface area contributed by atoms with Crippen molar-refractivity contribution in [3.63, 3.8) is 0 Å². The molecule has 0 fully saturated rings. The maximum absolute atomic E-state index is 5.86. The van der Waals surface area contributed by atoms with E-state index in [1.165, 1.54) is 0 Å². The third-order valence-corrected chi connectivity index (χ3v) is 3.11. The molecule has 0 amide bonds. The average Bonchev–Trinajstić information content (AvgIpc) is 2.48. The smallest absolute Gasteiger partial charge is 0.120 e. The number of anilines is 3. The van der Waals surface area contributed by atoms with Gasteiger partial charge >= 0.3 is 0 Å². The first-order chi connectivity index (χ1) is 9.76. The molecule has 20 heavy (non-hydrogen) atoms. The van der Waals surface area contributed by atoms with Gasteiger partial charge in [0.15, 0.2) is 0 Å². The van der Waals surface area contributed by atoms with Gasteiger partial charge in [0.05, 0.1) is 12.6 Å². The number of nitrogen functional groups attached to an aromatic ring is 1. The van der Waals surface area contributed by atoms with E-state index in [4.69, 9.17) is 10.5 Å². The summed E-state index contributed by atoms with van der Waals surface area (Å²) in [4.78, 5) is 4.34. The first kappa shape index (κ1) is 12.3. The number of methoxy groups -OCH3 is 1. The molecule has 4 nitrogen and oxygen atoms in total. The summed E-state index contributed by atoms with van der Waals surface area (Å²) in [6.45, 7) is 0. The quantitative estimate of drug-likeness (QED) is 0.711. The lowest BCUT2D eigenvalue weighted by Crippen LogP contribution is -1.94. The lowest BCUT2D eigenvalue weighted by molar-refractivity contribution is 0.415. The zero-order valence-corrected chi connectivity index (χ0v) is 11.1. The van der Waals surface area contributed by atoms with Crippen molar-refractivity contribution in [2.45, 2.75) is 0 Å². The van der Waals surface area contributed by atoms with Crippen LogP contribution < -0.4 is 15.8 Å².